The second-order valence-electron chi connectivity index (χ2n) is 3.09. The molecule has 0 heterocycles. The lowest BCUT2D eigenvalue weighted by Gasteiger charge is -2.06. The molecule has 0 amide bonds. The van der Waals surface area contributed by atoms with Crippen molar-refractivity contribution in [3.05, 3.63) is 33.6 Å². The Hall–Kier alpha value is -1.07. The topological polar surface area (TPSA) is 34.1 Å². The van der Waals surface area contributed by atoms with Gasteiger partial charge in [-0.05, 0) is 12.1 Å². The van der Waals surface area contributed by atoms with Crippen molar-refractivity contribution < 1.29 is 22.8 Å². The highest BCUT2D eigenvalue weighted by molar-refractivity contribution is 6.40. The fourth-order valence-electron chi connectivity index (χ4n) is 1.11. The maximum Gasteiger partial charge on any atom is 0.296 e. The van der Waals surface area contributed by atoms with E-state index in [1.165, 1.54) is 0 Å². The van der Waals surface area contributed by atoms with E-state index in [-0.39, 0.29) is 5.02 Å². The van der Waals surface area contributed by atoms with Crippen LogP contribution in [0.25, 0.3) is 0 Å². The Balaban J connectivity index is 3.05. The van der Waals surface area contributed by atoms with Gasteiger partial charge in [-0.1, -0.05) is 23.2 Å². The van der Waals surface area contributed by atoms with Gasteiger partial charge in [0.05, 0.1) is 22.0 Å². The van der Waals surface area contributed by atoms with Crippen molar-refractivity contribution >= 4 is 34.8 Å². The van der Waals surface area contributed by atoms with Crippen LogP contribution in [0, 0.1) is 5.82 Å². The number of rotatable bonds is 4. The summed E-state index contributed by atoms with van der Waals surface area (Å²) in [7, 11) is 0. The van der Waals surface area contributed by atoms with Crippen molar-refractivity contribution in [3.8, 4) is 0 Å². The summed E-state index contributed by atoms with van der Waals surface area (Å²) in [5, 5.41) is -0.770. The number of alkyl halides is 2. The molecule has 0 spiro atoms. The van der Waals surface area contributed by atoms with Crippen LogP contribution in [0.1, 0.15) is 16.8 Å². The third kappa shape index (κ3) is 3.20. The first-order valence-electron chi connectivity index (χ1n) is 4.32. The third-order valence-electron chi connectivity index (χ3n) is 1.90. The van der Waals surface area contributed by atoms with Gasteiger partial charge in [0.1, 0.15) is 5.82 Å². The van der Waals surface area contributed by atoms with Gasteiger partial charge < -0.3 is 0 Å². The molecule has 0 aliphatic carbocycles. The monoisotopic (exact) mass is 284 g/mol. The van der Waals surface area contributed by atoms with E-state index in [0.29, 0.717) is 0 Å². The average molecular weight is 285 g/mol. The van der Waals surface area contributed by atoms with Crippen LogP contribution in [0.3, 0.4) is 0 Å². The van der Waals surface area contributed by atoms with Gasteiger partial charge in [0, 0.05) is 0 Å². The Bertz CT molecular complexity index is 475. The first-order valence-corrected chi connectivity index (χ1v) is 5.07. The Morgan fingerprint density at radius 1 is 1.24 bits per heavy atom. The minimum Gasteiger partial charge on any atom is -0.294 e. The fourth-order valence-corrected chi connectivity index (χ4v) is 1.69. The highest BCUT2D eigenvalue weighted by Gasteiger charge is 2.24. The van der Waals surface area contributed by atoms with Gasteiger partial charge in [-0.15, -0.1) is 0 Å². The van der Waals surface area contributed by atoms with Gasteiger partial charge in [0.25, 0.3) is 6.43 Å². The minimum atomic E-state index is -3.26. The van der Waals surface area contributed by atoms with Crippen LogP contribution in [0.2, 0.25) is 10.0 Å². The zero-order valence-electron chi connectivity index (χ0n) is 8.15. The lowest BCUT2D eigenvalue weighted by Crippen LogP contribution is -2.16. The molecule has 0 aromatic heterocycles. The summed E-state index contributed by atoms with van der Waals surface area (Å²) in [6.07, 6.45) is -4.33. The number of carbonyl (C=O) groups is 2. The number of halogens is 5. The molecule has 0 aliphatic rings. The smallest absolute Gasteiger partial charge is 0.294 e. The van der Waals surface area contributed by atoms with E-state index in [1.54, 1.807) is 0 Å². The molecule has 0 unspecified atom stereocenters. The molecule has 7 heteroatoms. The summed E-state index contributed by atoms with van der Waals surface area (Å²) in [5.74, 6) is -3.51. The van der Waals surface area contributed by atoms with Gasteiger partial charge in [-0.3, -0.25) is 9.59 Å². The molecule has 0 aliphatic heterocycles. The average Bonchev–Trinajstić information content (AvgIpc) is 2.24. The molecule has 0 atom stereocenters. The van der Waals surface area contributed by atoms with E-state index in [9.17, 15) is 22.8 Å². The second-order valence-corrected chi connectivity index (χ2v) is 3.87. The van der Waals surface area contributed by atoms with E-state index >= 15 is 0 Å². The van der Waals surface area contributed by atoms with Crippen molar-refractivity contribution in [1.82, 2.24) is 0 Å². The lowest BCUT2D eigenvalue weighted by molar-refractivity contribution is -0.128. The third-order valence-corrected chi connectivity index (χ3v) is 2.59. The quantitative estimate of drug-likeness (QED) is 0.481. The maximum atomic E-state index is 13.0. The summed E-state index contributed by atoms with van der Waals surface area (Å²) in [6.45, 7) is 0. The van der Waals surface area contributed by atoms with Gasteiger partial charge >= 0.3 is 0 Å². The first-order chi connectivity index (χ1) is 7.84. The van der Waals surface area contributed by atoms with Crippen molar-refractivity contribution in [2.75, 3.05) is 0 Å². The predicted molar refractivity (Wildman–Crippen MR) is 56.4 cm³/mol. The van der Waals surface area contributed by atoms with Crippen LogP contribution in [-0.2, 0) is 4.79 Å². The zero-order valence-corrected chi connectivity index (χ0v) is 9.66. The molecule has 17 heavy (non-hydrogen) atoms. The molecule has 1 aromatic rings. The van der Waals surface area contributed by atoms with Crippen molar-refractivity contribution in [3.63, 3.8) is 0 Å². The second kappa shape index (κ2) is 5.51. The molecule has 0 radical (unpaired) electrons. The predicted octanol–water partition coefficient (Wildman–Crippen LogP) is 3.54. The van der Waals surface area contributed by atoms with Gasteiger partial charge in [-0.25, -0.2) is 13.2 Å². The number of ketones is 2. The summed E-state index contributed by atoms with van der Waals surface area (Å²) < 4.78 is 36.9. The largest absolute Gasteiger partial charge is 0.296 e. The Labute approximate surface area is 104 Å². The molecule has 2 nitrogen and oxygen atoms in total. The minimum absolute atomic E-state index is 0.191. The molecular formula is C10H5Cl2F3O2. The van der Waals surface area contributed by atoms with Crippen LogP contribution < -0.4 is 0 Å². The summed E-state index contributed by atoms with van der Waals surface area (Å²) in [5.41, 5.74) is -0.456. The number of hydrogen-bond acceptors (Lipinski definition) is 2. The molecule has 92 valence electrons. The van der Waals surface area contributed by atoms with E-state index in [2.05, 4.69) is 0 Å². The molecule has 1 rings (SSSR count). The van der Waals surface area contributed by atoms with Crippen molar-refractivity contribution in [2.45, 2.75) is 12.8 Å². The summed E-state index contributed by atoms with van der Waals surface area (Å²) in [4.78, 5) is 22.1. The molecule has 0 bridgehead atoms. The maximum absolute atomic E-state index is 13.0. The number of carbonyl (C=O) groups excluding carboxylic acids is 2. The number of hydrogen-bond donors (Lipinski definition) is 0. The normalized spacial score (nSPS) is 10.7. The highest BCUT2D eigenvalue weighted by atomic mass is 35.5. The lowest BCUT2D eigenvalue weighted by atomic mass is 10.1. The summed E-state index contributed by atoms with van der Waals surface area (Å²) >= 11 is 11.1. The van der Waals surface area contributed by atoms with E-state index < -0.39 is 40.8 Å². The van der Waals surface area contributed by atoms with Gasteiger partial charge in [0.15, 0.2) is 5.78 Å². The molecule has 0 fully saturated rings. The number of benzene rings is 1. The first kappa shape index (κ1) is 14.0. The van der Waals surface area contributed by atoms with Crippen molar-refractivity contribution in [1.29, 1.82) is 0 Å². The van der Waals surface area contributed by atoms with Crippen LogP contribution in [-0.4, -0.2) is 18.0 Å². The number of Topliss-reactive ketones (excluding diaryl/α,β-unsaturated/α-hetero) is 2. The zero-order chi connectivity index (χ0) is 13.2. The van der Waals surface area contributed by atoms with E-state index in [1.807, 2.05) is 0 Å². The van der Waals surface area contributed by atoms with Crippen LogP contribution in [0.5, 0.6) is 0 Å². The van der Waals surface area contributed by atoms with E-state index in [0.717, 1.165) is 12.1 Å². The SMILES string of the molecule is O=C(CC(=O)C(F)F)c1c(Cl)ccc(F)c1Cl. The molecule has 1 aromatic carbocycles. The molecular weight excluding hydrogens is 280 g/mol. The fraction of sp³-hybridized carbons (Fsp3) is 0.200. The van der Waals surface area contributed by atoms with Crippen LogP contribution in [0.4, 0.5) is 13.2 Å². The molecule has 0 N–H and O–H groups in total. The molecule has 0 saturated heterocycles. The highest BCUT2D eigenvalue weighted by Crippen LogP contribution is 2.28. The van der Waals surface area contributed by atoms with Gasteiger partial charge in [-0.2, -0.15) is 0 Å². The Morgan fingerprint density at radius 2 is 1.82 bits per heavy atom. The Kier molecular flexibility index (Phi) is 4.54. The molecule has 0 saturated carbocycles. The van der Waals surface area contributed by atoms with Crippen molar-refractivity contribution in [2.24, 2.45) is 0 Å². The van der Waals surface area contributed by atoms with Gasteiger partial charge in [0.2, 0.25) is 5.78 Å². The van der Waals surface area contributed by atoms with E-state index in [4.69, 9.17) is 23.2 Å². The standard InChI is InChI=1S/C10H5Cl2F3O2/c11-4-1-2-5(13)9(12)8(4)6(16)3-7(17)10(14)15/h1-2,10H,3H2. The Morgan fingerprint density at radius 3 is 2.35 bits per heavy atom. The summed E-state index contributed by atoms with van der Waals surface area (Å²) in [6, 6.07) is 1.99. The van der Waals surface area contributed by atoms with Crippen LogP contribution >= 0.6 is 23.2 Å². The van der Waals surface area contributed by atoms with Crippen LogP contribution in [0.15, 0.2) is 12.1 Å².